The largest absolute Gasteiger partial charge is 0.462 e. The normalized spacial score (nSPS) is 21.4. The summed E-state index contributed by atoms with van der Waals surface area (Å²) in [6.45, 7) is 0.644. The molecule has 0 aromatic carbocycles. The number of nitrogens with zero attached hydrogens (tertiary/aromatic N) is 1. The van der Waals surface area contributed by atoms with Crippen molar-refractivity contribution in [3.05, 3.63) is 29.5 Å². The molecule has 0 bridgehead atoms. The molecule has 0 spiro atoms. The zero-order valence-corrected chi connectivity index (χ0v) is 11.7. The predicted octanol–water partition coefficient (Wildman–Crippen LogP) is 1.83. The third-order valence-electron chi connectivity index (χ3n) is 3.42. The van der Waals surface area contributed by atoms with Crippen LogP contribution in [-0.4, -0.2) is 28.6 Å². The van der Waals surface area contributed by atoms with Crippen molar-refractivity contribution in [2.45, 2.75) is 25.4 Å². The summed E-state index contributed by atoms with van der Waals surface area (Å²) >= 11 is 1.47. The number of hydrogen-bond acceptors (Lipinski definition) is 5. The van der Waals surface area contributed by atoms with Crippen molar-refractivity contribution in [3.8, 4) is 10.8 Å². The molecule has 6 heteroatoms. The minimum absolute atomic E-state index is 0.0253. The number of nitrogens with one attached hydrogen (secondary N) is 1. The van der Waals surface area contributed by atoms with E-state index in [0.29, 0.717) is 12.5 Å². The van der Waals surface area contributed by atoms with Crippen LogP contribution in [0.2, 0.25) is 0 Å². The average Bonchev–Trinajstić information content (AvgIpc) is 3.03. The van der Waals surface area contributed by atoms with Crippen LogP contribution < -0.4 is 5.32 Å². The van der Waals surface area contributed by atoms with Crippen molar-refractivity contribution in [2.24, 2.45) is 5.92 Å². The minimum atomic E-state index is -0.175. The highest BCUT2D eigenvalue weighted by Gasteiger charge is 2.27. The molecule has 1 fully saturated rings. The van der Waals surface area contributed by atoms with Gasteiger partial charge in [-0.05, 0) is 30.9 Å². The van der Waals surface area contributed by atoms with E-state index in [9.17, 15) is 9.90 Å². The molecule has 1 aliphatic carbocycles. The number of hydrogen-bond donors (Lipinski definition) is 2. The molecule has 106 valence electrons. The topological polar surface area (TPSA) is 75.4 Å². The van der Waals surface area contributed by atoms with E-state index in [1.54, 1.807) is 6.26 Å². The van der Waals surface area contributed by atoms with E-state index < -0.39 is 0 Å². The maximum Gasteiger partial charge on any atom is 0.226 e. The molecule has 3 rings (SSSR count). The van der Waals surface area contributed by atoms with Crippen LogP contribution in [0.25, 0.3) is 10.8 Å². The third-order valence-corrected chi connectivity index (χ3v) is 4.33. The van der Waals surface area contributed by atoms with Crippen molar-refractivity contribution in [3.63, 3.8) is 0 Å². The molecular weight excluding hydrogens is 276 g/mol. The Morgan fingerprint density at radius 1 is 1.55 bits per heavy atom. The van der Waals surface area contributed by atoms with Crippen LogP contribution in [-0.2, 0) is 11.2 Å². The van der Waals surface area contributed by atoms with Gasteiger partial charge >= 0.3 is 0 Å². The van der Waals surface area contributed by atoms with Crippen molar-refractivity contribution in [2.75, 3.05) is 6.54 Å². The second-order valence-corrected chi connectivity index (χ2v) is 5.95. The monoisotopic (exact) mass is 292 g/mol. The highest BCUT2D eigenvalue weighted by atomic mass is 32.1. The summed E-state index contributed by atoms with van der Waals surface area (Å²) in [5.74, 6) is 1.12. The van der Waals surface area contributed by atoms with Crippen molar-refractivity contribution < 1.29 is 14.3 Å². The number of amides is 1. The maximum atomic E-state index is 11.8. The Hall–Kier alpha value is -1.66. The second-order valence-electron chi connectivity index (χ2n) is 5.09. The molecule has 0 saturated heterocycles. The summed E-state index contributed by atoms with van der Waals surface area (Å²) in [7, 11) is 0. The van der Waals surface area contributed by atoms with Gasteiger partial charge in [0.15, 0.2) is 10.8 Å². The fraction of sp³-hybridized carbons (Fsp3) is 0.429. The summed E-state index contributed by atoms with van der Waals surface area (Å²) in [6.07, 6.45) is 3.30. The van der Waals surface area contributed by atoms with Crippen LogP contribution in [0.1, 0.15) is 18.5 Å². The van der Waals surface area contributed by atoms with Crippen molar-refractivity contribution in [1.82, 2.24) is 10.3 Å². The van der Waals surface area contributed by atoms with Gasteiger partial charge in [-0.2, -0.15) is 0 Å². The fourth-order valence-electron chi connectivity index (χ4n) is 2.25. The van der Waals surface area contributed by atoms with Crippen LogP contribution in [0, 0.1) is 5.92 Å². The maximum absolute atomic E-state index is 11.8. The molecule has 2 N–H and O–H groups in total. The van der Waals surface area contributed by atoms with Gasteiger partial charge in [0, 0.05) is 11.9 Å². The second kappa shape index (κ2) is 5.76. The molecule has 0 atom stereocenters. The Balaban J connectivity index is 1.49. The van der Waals surface area contributed by atoms with Gasteiger partial charge in [0.1, 0.15) is 0 Å². The van der Waals surface area contributed by atoms with Crippen LogP contribution >= 0.6 is 11.3 Å². The Labute approximate surface area is 120 Å². The minimum Gasteiger partial charge on any atom is -0.462 e. The lowest BCUT2D eigenvalue weighted by molar-refractivity contribution is -0.121. The standard InChI is InChI=1S/C14H16N2O3S/c17-11-4-9(5-11)7-15-13(18)6-10-8-20-14(16-10)12-2-1-3-19-12/h1-3,8-9,11,17H,4-7H2,(H,15,18). The van der Waals surface area contributed by atoms with Crippen LogP contribution in [0.3, 0.4) is 0 Å². The number of aliphatic hydroxyl groups excluding tert-OH is 1. The van der Waals surface area contributed by atoms with Gasteiger partial charge in [0.05, 0.1) is 24.5 Å². The molecule has 0 radical (unpaired) electrons. The van der Waals surface area contributed by atoms with Crippen molar-refractivity contribution >= 4 is 17.2 Å². The number of aromatic nitrogens is 1. The molecule has 1 saturated carbocycles. The van der Waals surface area contributed by atoms with Gasteiger partial charge in [0.25, 0.3) is 0 Å². The summed E-state index contributed by atoms with van der Waals surface area (Å²) in [5, 5.41) is 14.7. The lowest BCUT2D eigenvalue weighted by Crippen LogP contribution is -2.38. The van der Waals surface area contributed by atoms with Crippen molar-refractivity contribution in [1.29, 1.82) is 0 Å². The molecule has 2 aromatic heterocycles. The van der Waals surface area contributed by atoms with E-state index in [1.807, 2.05) is 17.5 Å². The molecule has 2 heterocycles. The number of carbonyl (C=O) groups excluding carboxylic acids is 1. The SMILES string of the molecule is O=C(Cc1csc(-c2ccco2)n1)NCC1CC(O)C1. The lowest BCUT2D eigenvalue weighted by atomic mass is 9.82. The van der Waals surface area contributed by atoms with E-state index in [0.717, 1.165) is 29.3 Å². The van der Waals surface area contributed by atoms with Gasteiger partial charge in [-0.25, -0.2) is 4.98 Å². The third kappa shape index (κ3) is 3.08. The summed E-state index contributed by atoms with van der Waals surface area (Å²) < 4.78 is 5.27. The molecular formula is C14H16N2O3S. The van der Waals surface area contributed by atoms with Gasteiger partial charge < -0.3 is 14.8 Å². The van der Waals surface area contributed by atoms with E-state index in [1.165, 1.54) is 11.3 Å². The fourth-order valence-corrected chi connectivity index (χ4v) is 3.04. The molecule has 0 aliphatic heterocycles. The Morgan fingerprint density at radius 3 is 3.10 bits per heavy atom. The van der Waals surface area contributed by atoms with Gasteiger partial charge in [-0.3, -0.25) is 4.79 Å². The Kier molecular flexibility index (Phi) is 3.84. The van der Waals surface area contributed by atoms with E-state index in [-0.39, 0.29) is 18.4 Å². The first-order chi connectivity index (χ1) is 9.70. The summed E-state index contributed by atoms with van der Waals surface area (Å²) in [4.78, 5) is 16.2. The first-order valence-corrected chi connectivity index (χ1v) is 7.51. The van der Waals surface area contributed by atoms with Crippen LogP contribution in [0.15, 0.2) is 28.2 Å². The quantitative estimate of drug-likeness (QED) is 0.881. The number of furan rings is 1. The van der Waals surface area contributed by atoms with E-state index in [4.69, 9.17) is 4.42 Å². The van der Waals surface area contributed by atoms with Crippen LogP contribution in [0.4, 0.5) is 0 Å². The summed E-state index contributed by atoms with van der Waals surface area (Å²) in [5.41, 5.74) is 0.757. The molecule has 20 heavy (non-hydrogen) atoms. The zero-order valence-electron chi connectivity index (χ0n) is 10.9. The lowest BCUT2D eigenvalue weighted by Gasteiger charge is -2.31. The molecule has 5 nitrogen and oxygen atoms in total. The zero-order chi connectivity index (χ0) is 13.9. The summed E-state index contributed by atoms with van der Waals surface area (Å²) in [6, 6.07) is 3.67. The van der Waals surface area contributed by atoms with E-state index >= 15 is 0 Å². The first kappa shape index (κ1) is 13.3. The molecule has 2 aromatic rings. The first-order valence-electron chi connectivity index (χ1n) is 6.64. The molecule has 1 amide bonds. The molecule has 1 aliphatic rings. The Morgan fingerprint density at radius 2 is 2.40 bits per heavy atom. The number of thiazole rings is 1. The van der Waals surface area contributed by atoms with E-state index in [2.05, 4.69) is 10.3 Å². The average molecular weight is 292 g/mol. The van der Waals surface area contributed by atoms with Crippen LogP contribution in [0.5, 0.6) is 0 Å². The number of aliphatic hydroxyl groups is 1. The number of rotatable bonds is 5. The molecule has 0 unspecified atom stereocenters. The van der Waals surface area contributed by atoms with Gasteiger partial charge in [-0.15, -0.1) is 11.3 Å². The van der Waals surface area contributed by atoms with Gasteiger partial charge in [-0.1, -0.05) is 0 Å². The van der Waals surface area contributed by atoms with Gasteiger partial charge in [0.2, 0.25) is 5.91 Å². The highest BCUT2D eigenvalue weighted by Crippen LogP contribution is 2.26. The highest BCUT2D eigenvalue weighted by molar-refractivity contribution is 7.13. The Bertz CT molecular complexity index is 573. The predicted molar refractivity (Wildman–Crippen MR) is 75.3 cm³/mol. The smallest absolute Gasteiger partial charge is 0.226 e. The number of carbonyl (C=O) groups is 1.